The number of nitrogens with zero attached hydrogens (tertiary/aromatic N) is 2. The molecular weight excluding hydrogens is 445 g/mol. The van der Waals surface area contributed by atoms with Gasteiger partial charge in [0.2, 0.25) is 0 Å². The first-order valence-electron chi connectivity index (χ1n) is 12.0. The second-order valence-corrected chi connectivity index (χ2v) is 11.3. The van der Waals surface area contributed by atoms with Crippen molar-refractivity contribution >= 4 is 35.0 Å². The molecule has 2 aliphatic rings. The molecule has 1 saturated carbocycles. The quantitative estimate of drug-likeness (QED) is 0.534. The van der Waals surface area contributed by atoms with Crippen LogP contribution in [-0.4, -0.2) is 54.9 Å². The van der Waals surface area contributed by atoms with Crippen molar-refractivity contribution in [1.29, 1.82) is 0 Å². The maximum Gasteiger partial charge on any atom is 0.407 e. The zero-order valence-corrected chi connectivity index (χ0v) is 21.7. The van der Waals surface area contributed by atoms with Gasteiger partial charge in [0.25, 0.3) is 0 Å². The lowest BCUT2D eigenvalue weighted by molar-refractivity contribution is 0.0485. The molecule has 180 valence electrons. The summed E-state index contributed by atoms with van der Waals surface area (Å²) in [5.41, 5.74) is 1.62. The molecule has 0 unspecified atom stereocenters. The van der Waals surface area contributed by atoms with Crippen LogP contribution in [-0.2, 0) is 4.74 Å². The first-order chi connectivity index (χ1) is 15.0. The molecule has 1 saturated heterocycles. The Bertz CT molecular complexity index is 788. The van der Waals surface area contributed by atoms with E-state index in [-0.39, 0.29) is 12.1 Å². The van der Waals surface area contributed by atoms with Gasteiger partial charge >= 0.3 is 6.09 Å². The number of anilines is 1. The van der Waals surface area contributed by atoms with Crippen molar-refractivity contribution in [1.82, 2.24) is 10.2 Å². The van der Waals surface area contributed by atoms with Crippen LogP contribution in [0.25, 0.3) is 0 Å². The van der Waals surface area contributed by atoms with Gasteiger partial charge in [0.1, 0.15) is 5.60 Å². The van der Waals surface area contributed by atoms with Gasteiger partial charge in [0.05, 0.1) is 15.7 Å². The van der Waals surface area contributed by atoms with Gasteiger partial charge in [0.15, 0.2) is 0 Å². The van der Waals surface area contributed by atoms with Gasteiger partial charge in [-0.25, -0.2) is 4.79 Å². The Morgan fingerprint density at radius 1 is 1.12 bits per heavy atom. The smallest absolute Gasteiger partial charge is 0.407 e. The Morgan fingerprint density at radius 2 is 1.81 bits per heavy atom. The minimum absolute atomic E-state index is 0.246. The fraction of sp³-hybridized carbons (Fsp3) is 0.720. The predicted octanol–water partition coefficient (Wildman–Crippen LogP) is 6.29. The van der Waals surface area contributed by atoms with Crippen LogP contribution in [0.15, 0.2) is 12.1 Å². The van der Waals surface area contributed by atoms with E-state index in [1.165, 1.54) is 19.3 Å². The highest BCUT2D eigenvalue weighted by molar-refractivity contribution is 6.44. The fourth-order valence-electron chi connectivity index (χ4n) is 4.89. The first-order valence-corrected chi connectivity index (χ1v) is 12.7. The minimum Gasteiger partial charge on any atom is -0.444 e. The molecule has 1 amide bonds. The second kappa shape index (κ2) is 10.8. The summed E-state index contributed by atoms with van der Waals surface area (Å²) in [6.45, 7) is 14.1. The number of alkyl carbamates (subject to hydrolysis) is 1. The molecule has 1 heterocycles. The number of amides is 1. The van der Waals surface area contributed by atoms with E-state index in [4.69, 9.17) is 27.9 Å². The number of piperazine rings is 1. The van der Waals surface area contributed by atoms with E-state index < -0.39 is 5.60 Å². The van der Waals surface area contributed by atoms with E-state index in [2.05, 4.69) is 34.2 Å². The number of aryl methyl sites for hydroxylation is 1. The Hall–Kier alpha value is -1.17. The lowest BCUT2D eigenvalue weighted by atomic mass is 9.84. The number of hydrogen-bond acceptors (Lipinski definition) is 4. The van der Waals surface area contributed by atoms with Crippen LogP contribution in [0.2, 0.25) is 10.0 Å². The van der Waals surface area contributed by atoms with E-state index in [1.54, 1.807) is 0 Å². The van der Waals surface area contributed by atoms with Crippen molar-refractivity contribution in [3.05, 3.63) is 27.7 Å². The maximum absolute atomic E-state index is 12.0. The van der Waals surface area contributed by atoms with Crippen molar-refractivity contribution in [2.45, 2.75) is 84.4 Å². The van der Waals surface area contributed by atoms with Crippen molar-refractivity contribution in [2.75, 3.05) is 31.1 Å². The van der Waals surface area contributed by atoms with Crippen LogP contribution in [0.5, 0.6) is 0 Å². The molecule has 2 fully saturated rings. The summed E-state index contributed by atoms with van der Waals surface area (Å²) < 4.78 is 5.39. The van der Waals surface area contributed by atoms with Crippen LogP contribution in [0, 0.1) is 12.8 Å². The fourth-order valence-corrected chi connectivity index (χ4v) is 5.37. The number of ether oxygens (including phenoxy) is 1. The standard InChI is InChI=1S/C25H39Cl2N3O2/c1-17-6-11-21(23(27)22(17)26)30-15-14-29(16-18(30)2)13-12-19-7-9-20(10-8-19)28-24(31)32-25(3,4)5/h6,11,18-20H,7-10,12-16H2,1-5H3,(H,28,31)/t18-,19?,20?/m1/s1. The van der Waals surface area contributed by atoms with Gasteiger partial charge in [-0.15, -0.1) is 0 Å². The van der Waals surface area contributed by atoms with Crippen LogP contribution in [0.4, 0.5) is 10.5 Å². The van der Waals surface area contributed by atoms with E-state index in [0.29, 0.717) is 16.1 Å². The van der Waals surface area contributed by atoms with Gasteiger partial charge < -0.3 is 15.0 Å². The Balaban J connectivity index is 1.40. The number of benzene rings is 1. The van der Waals surface area contributed by atoms with Crippen LogP contribution < -0.4 is 10.2 Å². The molecule has 1 atom stereocenters. The SMILES string of the molecule is Cc1ccc(N2CCN(CCC3CCC(NC(=O)OC(C)(C)C)CC3)C[C@H]2C)c(Cl)c1Cl. The molecule has 0 aromatic heterocycles. The summed E-state index contributed by atoms with van der Waals surface area (Å²) in [4.78, 5) is 17.0. The molecule has 32 heavy (non-hydrogen) atoms. The van der Waals surface area contributed by atoms with Gasteiger partial charge in [-0.1, -0.05) is 29.3 Å². The molecule has 5 nitrogen and oxygen atoms in total. The Kier molecular flexibility index (Phi) is 8.62. The van der Waals surface area contributed by atoms with Crippen molar-refractivity contribution < 1.29 is 9.53 Å². The monoisotopic (exact) mass is 483 g/mol. The molecule has 0 radical (unpaired) electrons. The average molecular weight is 485 g/mol. The molecule has 1 aromatic rings. The zero-order valence-electron chi connectivity index (χ0n) is 20.2. The Labute approximate surface area is 203 Å². The number of carbonyl (C=O) groups is 1. The summed E-state index contributed by atoms with van der Waals surface area (Å²) in [6.07, 6.45) is 5.37. The van der Waals surface area contributed by atoms with Gasteiger partial charge in [-0.3, -0.25) is 4.90 Å². The molecule has 1 aliphatic heterocycles. The number of hydrogen-bond donors (Lipinski definition) is 1. The number of halogens is 2. The van der Waals surface area contributed by atoms with Crippen LogP contribution in [0.3, 0.4) is 0 Å². The predicted molar refractivity (Wildman–Crippen MR) is 134 cm³/mol. The first kappa shape index (κ1) is 25.5. The molecule has 1 aromatic carbocycles. The van der Waals surface area contributed by atoms with Gasteiger partial charge in [0, 0.05) is 31.7 Å². The van der Waals surface area contributed by atoms with Crippen molar-refractivity contribution in [3.63, 3.8) is 0 Å². The molecule has 3 rings (SSSR count). The highest BCUT2D eigenvalue weighted by atomic mass is 35.5. The number of carbonyl (C=O) groups excluding carboxylic acids is 1. The van der Waals surface area contributed by atoms with Crippen LogP contribution >= 0.6 is 23.2 Å². The summed E-state index contributed by atoms with van der Waals surface area (Å²) in [6, 6.07) is 4.79. The van der Waals surface area contributed by atoms with Crippen LogP contribution in [0.1, 0.15) is 65.4 Å². The third-order valence-corrected chi connectivity index (χ3v) is 7.66. The molecular formula is C25H39Cl2N3O2. The summed E-state index contributed by atoms with van der Waals surface area (Å²) >= 11 is 12.9. The van der Waals surface area contributed by atoms with E-state index in [9.17, 15) is 4.79 Å². The number of nitrogens with one attached hydrogen (secondary N) is 1. The van der Waals surface area contributed by atoms with Crippen molar-refractivity contribution in [2.24, 2.45) is 5.92 Å². The lowest BCUT2D eigenvalue weighted by Gasteiger charge is -2.42. The Morgan fingerprint density at radius 3 is 2.44 bits per heavy atom. The summed E-state index contributed by atoms with van der Waals surface area (Å²) in [7, 11) is 0. The van der Waals surface area contributed by atoms with E-state index in [1.807, 2.05) is 27.7 Å². The third kappa shape index (κ3) is 6.91. The minimum atomic E-state index is -0.445. The normalized spacial score (nSPS) is 25.0. The average Bonchev–Trinajstić information content (AvgIpc) is 2.71. The third-order valence-electron chi connectivity index (χ3n) is 6.70. The van der Waals surface area contributed by atoms with Crippen molar-refractivity contribution in [3.8, 4) is 0 Å². The molecule has 0 bridgehead atoms. The second-order valence-electron chi connectivity index (χ2n) is 10.5. The summed E-state index contributed by atoms with van der Waals surface area (Å²) in [5, 5.41) is 4.37. The lowest BCUT2D eigenvalue weighted by Crippen LogP contribution is -2.52. The number of rotatable bonds is 5. The van der Waals surface area contributed by atoms with E-state index in [0.717, 1.165) is 56.2 Å². The molecule has 1 aliphatic carbocycles. The van der Waals surface area contributed by atoms with Gasteiger partial charge in [-0.05, 0) is 90.8 Å². The zero-order chi connectivity index (χ0) is 23.5. The summed E-state index contributed by atoms with van der Waals surface area (Å²) in [5.74, 6) is 0.741. The maximum atomic E-state index is 12.0. The molecule has 1 N–H and O–H groups in total. The topological polar surface area (TPSA) is 44.8 Å². The highest BCUT2D eigenvalue weighted by Gasteiger charge is 2.28. The molecule has 0 spiro atoms. The molecule has 7 heteroatoms. The van der Waals surface area contributed by atoms with Gasteiger partial charge in [-0.2, -0.15) is 0 Å². The largest absolute Gasteiger partial charge is 0.444 e. The highest BCUT2D eigenvalue weighted by Crippen LogP contribution is 2.36. The van der Waals surface area contributed by atoms with E-state index >= 15 is 0 Å².